The Morgan fingerprint density at radius 1 is 1.24 bits per heavy atom. The molecule has 0 aliphatic carbocycles. The maximum atomic E-state index is 5.49. The number of H-pyrrole nitrogens is 1. The standard InChI is InChI=1S/C10H11N7/c11-2-1-7-3-17(6-16-7)10-8-9(13-4-12-8)14-5-15-10/h3-6H,1-2,11H2,(H,12,13,14,15). The molecule has 0 amide bonds. The number of hydrogen-bond donors (Lipinski definition) is 2. The molecule has 0 unspecified atom stereocenters. The molecule has 0 aliphatic heterocycles. The van der Waals surface area contributed by atoms with Crippen LogP contribution in [0.25, 0.3) is 17.0 Å². The molecule has 86 valence electrons. The van der Waals surface area contributed by atoms with Crippen molar-refractivity contribution in [3.05, 3.63) is 30.9 Å². The smallest absolute Gasteiger partial charge is 0.182 e. The van der Waals surface area contributed by atoms with Gasteiger partial charge in [-0.05, 0) is 6.54 Å². The van der Waals surface area contributed by atoms with Gasteiger partial charge in [-0.1, -0.05) is 0 Å². The molecule has 0 bridgehead atoms. The first-order chi connectivity index (χ1) is 8.38. The number of aromatic nitrogens is 6. The van der Waals surface area contributed by atoms with E-state index in [0.717, 1.165) is 23.4 Å². The van der Waals surface area contributed by atoms with Gasteiger partial charge in [-0.2, -0.15) is 0 Å². The molecule has 3 rings (SSSR count). The Morgan fingerprint density at radius 3 is 3.06 bits per heavy atom. The van der Waals surface area contributed by atoms with Crippen molar-refractivity contribution in [2.75, 3.05) is 6.54 Å². The van der Waals surface area contributed by atoms with Crippen LogP contribution in [0.3, 0.4) is 0 Å². The van der Waals surface area contributed by atoms with E-state index in [4.69, 9.17) is 5.73 Å². The minimum absolute atomic E-state index is 0.584. The fraction of sp³-hybridized carbons (Fsp3) is 0.200. The predicted octanol–water partition coefficient (Wildman–Crippen LogP) is 0.0398. The number of rotatable bonds is 3. The number of nitrogens with zero attached hydrogens (tertiary/aromatic N) is 5. The van der Waals surface area contributed by atoms with E-state index in [1.54, 1.807) is 12.7 Å². The maximum absolute atomic E-state index is 5.49. The molecule has 0 saturated carbocycles. The first kappa shape index (κ1) is 9.91. The Labute approximate surface area is 96.7 Å². The summed E-state index contributed by atoms with van der Waals surface area (Å²) < 4.78 is 1.84. The lowest BCUT2D eigenvalue weighted by Crippen LogP contribution is -2.02. The third-order valence-electron chi connectivity index (χ3n) is 2.48. The number of hydrogen-bond acceptors (Lipinski definition) is 5. The maximum Gasteiger partial charge on any atom is 0.182 e. The minimum atomic E-state index is 0.584. The molecule has 0 saturated heterocycles. The number of aromatic amines is 1. The van der Waals surface area contributed by atoms with Gasteiger partial charge in [0.25, 0.3) is 0 Å². The average molecular weight is 229 g/mol. The summed E-state index contributed by atoms with van der Waals surface area (Å²) in [6, 6.07) is 0. The second-order valence-electron chi connectivity index (χ2n) is 3.61. The molecule has 0 spiro atoms. The summed E-state index contributed by atoms with van der Waals surface area (Å²) in [5.74, 6) is 0.739. The number of nitrogens with one attached hydrogen (secondary N) is 1. The highest BCUT2D eigenvalue weighted by atomic mass is 15.1. The van der Waals surface area contributed by atoms with Crippen LogP contribution < -0.4 is 5.73 Å². The topological polar surface area (TPSA) is 98.3 Å². The molecule has 7 nitrogen and oxygen atoms in total. The van der Waals surface area contributed by atoms with Crippen LogP contribution in [0.4, 0.5) is 0 Å². The highest BCUT2D eigenvalue weighted by molar-refractivity contribution is 5.77. The monoisotopic (exact) mass is 229 g/mol. The van der Waals surface area contributed by atoms with Crippen molar-refractivity contribution in [2.45, 2.75) is 6.42 Å². The van der Waals surface area contributed by atoms with Gasteiger partial charge in [0.2, 0.25) is 0 Å². The molecular weight excluding hydrogens is 218 g/mol. The zero-order valence-corrected chi connectivity index (χ0v) is 9.04. The van der Waals surface area contributed by atoms with Crippen molar-refractivity contribution < 1.29 is 0 Å². The molecule has 3 aromatic heterocycles. The number of nitrogens with two attached hydrogens (primary N) is 1. The summed E-state index contributed by atoms with van der Waals surface area (Å²) in [7, 11) is 0. The molecule has 0 fully saturated rings. The summed E-state index contributed by atoms with van der Waals surface area (Å²) in [6.07, 6.45) is 7.47. The summed E-state index contributed by atoms with van der Waals surface area (Å²) in [6.45, 7) is 0.584. The fourth-order valence-electron chi connectivity index (χ4n) is 1.70. The van der Waals surface area contributed by atoms with Crippen LogP contribution >= 0.6 is 0 Å². The van der Waals surface area contributed by atoms with Gasteiger partial charge in [-0.3, -0.25) is 4.57 Å². The summed E-state index contributed by atoms with van der Waals surface area (Å²) >= 11 is 0. The van der Waals surface area contributed by atoms with Crippen molar-refractivity contribution >= 4 is 11.2 Å². The van der Waals surface area contributed by atoms with Crippen LogP contribution in [0.5, 0.6) is 0 Å². The first-order valence-corrected chi connectivity index (χ1v) is 5.26. The van der Waals surface area contributed by atoms with E-state index in [9.17, 15) is 0 Å². The third-order valence-corrected chi connectivity index (χ3v) is 2.48. The van der Waals surface area contributed by atoms with Gasteiger partial charge in [0, 0.05) is 12.6 Å². The molecule has 0 radical (unpaired) electrons. The molecule has 3 N–H and O–H groups in total. The van der Waals surface area contributed by atoms with E-state index in [1.165, 1.54) is 6.33 Å². The van der Waals surface area contributed by atoms with Gasteiger partial charge in [0.1, 0.15) is 18.2 Å². The Morgan fingerprint density at radius 2 is 2.18 bits per heavy atom. The van der Waals surface area contributed by atoms with Gasteiger partial charge in [-0.25, -0.2) is 19.9 Å². The van der Waals surface area contributed by atoms with Gasteiger partial charge in [-0.15, -0.1) is 0 Å². The normalized spacial score (nSPS) is 11.1. The van der Waals surface area contributed by atoms with Crippen molar-refractivity contribution in [3.63, 3.8) is 0 Å². The van der Waals surface area contributed by atoms with E-state index >= 15 is 0 Å². The lowest BCUT2D eigenvalue weighted by Gasteiger charge is -2.00. The molecule has 17 heavy (non-hydrogen) atoms. The van der Waals surface area contributed by atoms with Crippen LogP contribution in [0.15, 0.2) is 25.2 Å². The van der Waals surface area contributed by atoms with Gasteiger partial charge < -0.3 is 10.7 Å². The quantitative estimate of drug-likeness (QED) is 0.660. The van der Waals surface area contributed by atoms with Crippen LogP contribution in [0, 0.1) is 0 Å². The molecule has 0 atom stereocenters. The zero-order chi connectivity index (χ0) is 11.7. The predicted molar refractivity (Wildman–Crippen MR) is 61.6 cm³/mol. The van der Waals surface area contributed by atoms with E-state index in [0.29, 0.717) is 12.2 Å². The van der Waals surface area contributed by atoms with Crippen molar-refractivity contribution in [1.82, 2.24) is 29.5 Å². The zero-order valence-electron chi connectivity index (χ0n) is 9.04. The average Bonchev–Trinajstić information content (AvgIpc) is 2.96. The molecule has 3 heterocycles. The summed E-state index contributed by atoms with van der Waals surface area (Å²) in [5.41, 5.74) is 7.87. The van der Waals surface area contributed by atoms with Gasteiger partial charge >= 0.3 is 0 Å². The van der Waals surface area contributed by atoms with Crippen LogP contribution in [0.1, 0.15) is 5.69 Å². The van der Waals surface area contributed by atoms with Crippen LogP contribution in [-0.2, 0) is 6.42 Å². The summed E-state index contributed by atoms with van der Waals surface area (Å²) in [4.78, 5) is 19.7. The number of imidazole rings is 2. The Kier molecular flexibility index (Phi) is 2.30. The molecule has 7 heteroatoms. The lowest BCUT2D eigenvalue weighted by molar-refractivity contribution is 0.933. The molecule has 0 aromatic carbocycles. The molecular formula is C10H11N7. The highest BCUT2D eigenvalue weighted by Crippen LogP contribution is 2.14. The Bertz CT molecular complexity index is 639. The van der Waals surface area contributed by atoms with Crippen molar-refractivity contribution in [1.29, 1.82) is 0 Å². The Balaban J connectivity index is 2.10. The lowest BCUT2D eigenvalue weighted by atomic mass is 10.3. The molecule has 0 aliphatic rings. The largest absolute Gasteiger partial charge is 0.340 e. The fourth-order valence-corrected chi connectivity index (χ4v) is 1.70. The van der Waals surface area contributed by atoms with Gasteiger partial charge in [0.05, 0.1) is 12.0 Å². The van der Waals surface area contributed by atoms with Crippen molar-refractivity contribution in [3.8, 4) is 5.82 Å². The van der Waals surface area contributed by atoms with Crippen LogP contribution in [0.2, 0.25) is 0 Å². The van der Waals surface area contributed by atoms with E-state index in [2.05, 4.69) is 24.9 Å². The third kappa shape index (κ3) is 1.66. The number of fused-ring (bicyclic) bond motifs is 1. The van der Waals surface area contributed by atoms with E-state index < -0.39 is 0 Å². The van der Waals surface area contributed by atoms with Crippen LogP contribution in [-0.4, -0.2) is 36.0 Å². The highest BCUT2D eigenvalue weighted by Gasteiger charge is 2.08. The molecule has 3 aromatic rings. The van der Waals surface area contributed by atoms with Gasteiger partial charge in [0.15, 0.2) is 11.5 Å². The van der Waals surface area contributed by atoms with E-state index in [1.807, 2.05) is 10.8 Å². The second kappa shape index (κ2) is 3.95. The minimum Gasteiger partial charge on any atom is -0.340 e. The second-order valence-corrected chi connectivity index (χ2v) is 3.61. The Hall–Kier alpha value is -2.28. The first-order valence-electron chi connectivity index (χ1n) is 5.26. The SMILES string of the molecule is NCCc1cn(-c2ncnc3nc[nH]c23)cn1. The van der Waals surface area contributed by atoms with E-state index in [-0.39, 0.29) is 0 Å². The summed E-state index contributed by atoms with van der Waals surface area (Å²) in [5, 5.41) is 0. The van der Waals surface area contributed by atoms with Crippen molar-refractivity contribution in [2.24, 2.45) is 5.73 Å².